The van der Waals surface area contributed by atoms with Crippen LogP contribution in [0.1, 0.15) is 38.3 Å². The molecule has 1 unspecified atom stereocenters. The number of halogens is 2. The molecule has 0 aliphatic carbocycles. The molecule has 0 saturated carbocycles. The second-order valence-corrected chi connectivity index (χ2v) is 4.67. The molecule has 1 aliphatic rings. The summed E-state index contributed by atoms with van der Waals surface area (Å²) in [6, 6.07) is 2.45. The van der Waals surface area contributed by atoms with E-state index >= 15 is 0 Å². The molecule has 1 aromatic carbocycles. The molecule has 2 nitrogen and oxygen atoms in total. The summed E-state index contributed by atoms with van der Waals surface area (Å²) in [5.74, 6) is -0.971. The van der Waals surface area contributed by atoms with Gasteiger partial charge in [-0.05, 0) is 18.9 Å². The number of benzene rings is 1. The van der Waals surface area contributed by atoms with Gasteiger partial charge in [0.05, 0.1) is 6.61 Å². The van der Waals surface area contributed by atoms with Crippen molar-refractivity contribution in [2.24, 2.45) is 0 Å². The van der Waals surface area contributed by atoms with E-state index in [1.54, 1.807) is 0 Å². The zero-order valence-electron chi connectivity index (χ0n) is 10.1. The molecule has 0 saturated heterocycles. The van der Waals surface area contributed by atoms with Crippen molar-refractivity contribution in [2.75, 3.05) is 6.61 Å². The largest absolute Gasteiger partial charge is 0.490 e. The minimum Gasteiger partial charge on any atom is -0.490 e. The Hall–Kier alpha value is -1.16. The number of hydrogen-bond donors (Lipinski definition) is 1. The Morgan fingerprint density at radius 2 is 2.12 bits per heavy atom. The van der Waals surface area contributed by atoms with Crippen molar-refractivity contribution in [1.82, 2.24) is 5.32 Å². The topological polar surface area (TPSA) is 21.3 Å². The van der Waals surface area contributed by atoms with Crippen LogP contribution in [0.4, 0.5) is 8.78 Å². The van der Waals surface area contributed by atoms with Gasteiger partial charge in [-0.15, -0.1) is 0 Å². The van der Waals surface area contributed by atoms with Crippen LogP contribution in [0.25, 0.3) is 0 Å². The molecule has 0 aromatic heterocycles. The van der Waals surface area contributed by atoms with Crippen molar-refractivity contribution in [2.45, 2.75) is 38.8 Å². The molecule has 1 atom stereocenters. The third-order valence-electron chi connectivity index (χ3n) is 2.83. The summed E-state index contributed by atoms with van der Waals surface area (Å²) in [6.45, 7) is 4.51. The first kappa shape index (κ1) is 12.3. The molecule has 0 bridgehead atoms. The number of nitrogens with one attached hydrogen (secondary N) is 1. The van der Waals surface area contributed by atoms with Gasteiger partial charge < -0.3 is 10.1 Å². The van der Waals surface area contributed by atoms with Gasteiger partial charge in [0.15, 0.2) is 11.6 Å². The fourth-order valence-corrected chi connectivity index (χ4v) is 2.18. The highest BCUT2D eigenvalue weighted by molar-refractivity contribution is 5.38. The van der Waals surface area contributed by atoms with E-state index in [0.717, 1.165) is 18.9 Å². The number of fused-ring (bicyclic) bond motifs is 1. The lowest BCUT2D eigenvalue weighted by Gasteiger charge is -2.21. The zero-order chi connectivity index (χ0) is 12.4. The second kappa shape index (κ2) is 5.00. The maximum absolute atomic E-state index is 13.6. The number of ether oxygens (including phenoxy) is 1. The maximum Gasteiger partial charge on any atom is 0.168 e. The van der Waals surface area contributed by atoms with Crippen molar-refractivity contribution in [3.63, 3.8) is 0 Å². The van der Waals surface area contributed by atoms with Gasteiger partial charge in [0.2, 0.25) is 0 Å². The van der Waals surface area contributed by atoms with E-state index in [0.29, 0.717) is 12.2 Å². The molecule has 4 heteroatoms. The highest BCUT2D eigenvalue weighted by Gasteiger charge is 2.23. The minimum absolute atomic E-state index is 0.0438. The van der Waals surface area contributed by atoms with Crippen LogP contribution in [-0.2, 0) is 0 Å². The van der Waals surface area contributed by atoms with E-state index in [1.165, 1.54) is 6.07 Å². The molecule has 1 aliphatic heterocycles. The quantitative estimate of drug-likeness (QED) is 0.858. The van der Waals surface area contributed by atoms with Gasteiger partial charge in [0.25, 0.3) is 0 Å². The van der Waals surface area contributed by atoms with Crippen LogP contribution in [0.2, 0.25) is 0 Å². The predicted molar refractivity (Wildman–Crippen MR) is 62.1 cm³/mol. The highest BCUT2D eigenvalue weighted by Crippen LogP contribution is 2.34. The Morgan fingerprint density at radius 1 is 1.35 bits per heavy atom. The average molecular weight is 241 g/mol. The minimum atomic E-state index is -0.613. The van der Waals surface area contributed by atoms with Crippen molar-refractivity contribution in [3.8, 4) is 5.75 Å². The van der Waals surface area contributed by atoms with E-state index in [9.17, 15) is 8.78 Å². The standard InChI is InChI=1S/C13H17F2NO/c1-8(2)16-12-4-3-5-17-13-10(12)6-9(14)7-11(13)15/h6-8,12,16H,3-5H2,1-2H3. The first-order valence-electron chi connectivity index (χ1n) is 5.95. The third kappa shape index (κ3) is 2.75. The number of rotatable bonds is 2. The first-order valence-corrected chi connectivity index (χ1v) is 5.95. The van der Waals surface area contributed by atoms with Gasteiger partial charge in [0, 0.05) is 23.7 Å². The van der Waals surface area contributed by atoms with Gasteiger partial charge in [-0.3, -0.25) is 0 Å². The lowest BCUT2D eigenvalue weighted by Crippen LogP contribution is -2.28. The average Bonchev–Trinajstić information content (AvgIpc) is 2.41. The van der Waals surface area contributed by atoms with E-state index in [4.69, 9.17) is 4.74 Å². The second-order valence-electron chi connectivity index (χ2n) is 4.67. The van der Waals surface area contributed by atoms with Crippen LogP contribution in [-0.4, -0.2) is 12.6 Å². The lowest BCUT2D eigenvalue weighted by atomic mass is 10.0. The molecule has 1 N–H and O–H groups in total. The summed E-state index contributed by atoms with van der Waals surface area (Å²) in [5, 5.41) is 3.32. The summed E-state index contributed by atoms with van der Waals surface area (Å²) < 4.78 is 32.3. The summed E-state index contributed by atoms with van der Waals surface area (Å²) >= 11 is 0. The molecule has 1 aromatic rings. The first-order chi connectivity index (χ1) is 8.08. The fourth-order valence-electron chi connectivity index (χ4n) is 2.18. The van der Waals surface area contributed by atoms with Crippen molar-refractivity contribution < 1.29 is 13.5 Å². The molecule has 1 heterocycles. The number of hydrogen-bond acceptors (Lipinski definition) is 2. The fraction of sp³-hybridized carbons (Fsp3) is 0.538. The SMILES string of the molecule is CC(C)NC1CCCOc2c(F)cc(F)cc21. The van der Waals surface area contributed by atoms with Crippen LogP contribution in [0.5, 0.6) is 5.75 Å². The molecule has 0 radical (unpaired) electrons. The van der Waals surface area contributed by atoms with Crippen LogP contribution >= 0.6 is 0 Å². The van der Waals surface area contributed by atoms with Crippen LogP contribution in [0.3, 0.4) is 0 Å². The predicted octanol–water partition coefficient (Wildman–Crippen LogP) is 3.18. The Bertz CT molecular complexity index is 407. The van der Waals surface area contributed by atoms with Crippen LogP contribution in [0.15, 0.2) is 12.1 Å². The van der Waals surface area contributed by atoms with Gasteiger partial charge in [0.1, 0.15) is 5.82 Å². The van der Waals surface area contributed by atoms with Crippen molar-refractivity contribution >= 4 is 0 Å². The maximum atomic E-state index is 13.6. The molecular formula is C13H17F2NO. The van der Waals surface area contributed by atoms with Gasteiger partial charge in [-0.1, -0.05) is 13.8 Å². The van der Waals surface area contributed by atoms with E-state index in [2.05, 4.69) is 5.32 Å². The Balaban J connectivity index is 2.40. The molecule has 0 spiro atoms. The van der Waals surface area contributed by atoms with Crippen molar-refractivity contribution in [1.29, 1.82) is 0 Å². The highest BCUT2D eigenvalue weighted by atomic mass is 19.1. The summed E-state index contributed by atoms with van der Waals surface area (Å²) in [7, 11) is 0. The Kier molecular flexibility index (Phi) is 3.62. The van der Waals surface area contributed by atoms with Crippen LogP contribution < -0.4 is 10.1 Å². The Morgan fingerprint density at radius 3 is 2.82 bits per heavy atom. The molecule has 2 rings (SSSR count). The summed E-state index contributed by atoms with van der Waals surface area (Å²) in [5.41, 5.74) is 0.591. The van der Waals surface area contributed by atoms with Gasteiger partial charge in [-0.2, -0.15) is 0 Å². The third-order valence-corrected chi connectivity index (χ3v) is 2.83. The monoisotopic (exact) mass is 241 g/mol. The van der Waals surface area contributed by atoms with E-state index in [-0.39, 0.29) is 17.8 Å². The molecule has 0 fully saturated rings. The smallest absolute Gasteiger partial charge is 0.168 e. The Labute approximate surface area is 100.0 Å². The summed E-state index contributed by atoms with van der Waals surface area (Å²) in [6.07, 6.45) is 1.66. The summed E-state index contributed by atoms with van der Waals surface area (Å²) in [4.78, 5) is 0. The van der Waals surface area contributed by atoms with Gasteiger partial charge in [-0.25, -0.2) is 8.78 Å². The lowest BCUT2D eigenvalue weighted by molar-refractivity contribution is 0.299. The van der Waals surface area contributed by atoms with E-state index < -0.39 is 11.6 Å². The molecule has 0 amide bonds. The zero-order valence-corrected chi connectivity index (χ0v) is 10.1. The van der Waals surface area contributed by atoms with E-state index in [1.807, 2.05) is 13.8 Å². The van der Waals surface area contributed by atoms with Crippen LogP contribution in [0, 0.1) is 11.6 Å². The molecular weight excluding hydrogens is 224 g/mol. The van der Waals surface area contributed by atoms with Crippen molar-refractivity contribution in [3.05, 3.63) is 29.3 Å². The molecule has 94 valence electrons. The van der Waals surface area contributed by atoms with Gasteiger partial charge >= 0.3 is 0 Å². The molecule has 17 heavy (non-hydrogen) atoms. The normalized spacial score (nSPS) is 19.7.